The van der Waals surface area contributed by atoms with Gasteiger partial charge in [-0.15, -0.1) is 0 Å². The Hall–Kier alpha value is -3.72. The van der Waals surface area contributed by atoms with Gasteiger partial charge in [0.05, 0.1) is 58.5 Å². The number of nitrogens with one attached hydrogen (secondary N) is 2. The molecule has 0 aromatic heterocycles. The Labute approximate surface area is 348 Å². The minimum Gasteiger partial charge on any atom is -0.505 e. The van der Waals surface area contributed by atoms with Gasteiger partial charge in [-0.25, -0.2) is 4.57 Å². The van der Waals surface area contributed by atoms with Crippen molar-refractivity contribution in [2.45, 2.75) is 103 Å². The van der Waals surface area contributed by atoms with Crippen molar-refractivity contribution in [3.63, 3.8) is 0 Å². The van der Waals surface area contributed by atoms with Crippen LogP contribution in [0.4, 0.5) is 5.69 Å². The molecule has 2 aromatic rings. The molecule has 3 aliphatic rings. The van der Waals surface area contributed by atoms with Gasteiger partial charge in [-0.2, -0.15) is 0 Å². The van der Waals surface area contributed by atoms with E-state index in [9.17, 15) is 24.1 Å². The molecule has 0 radical (unpaired) electrons. The van der Waals surface area contributed by atoms with E-state index in [4.69, 9.17) is 38.3 Å². The number of rotatable bonds is 25. The molecule has 2 fully saturated rings. The van der Waals surface area contributed by atoms with Crippen LogP contribution in [0.3, 0.4) is 0 Å². The Kier molecular flexibility index (Phi) is 17.5. The summed E-state index contributed by atoms with van der Waals surface area (Å²) in [4.78, 5) is 36.5. The van der Waals surface area contributed by atoms with Gasteiger partial charge in [0.2, 0.25) is 11.8 Å². The molecule has 5 rings (SSSR count). The standard InChI is InChI=1S/C43H64N3O12P/c1-5-7-21-56-59(51,57-22-8-6-2)58-30-10-12-31-29(27-30)9-11-33-32(31)17-19-43(3)34(33)13-16-37(43)55-23-18-38(47)45-20-24-53-25-26-54-28-39(48)46-35-14-15-36(52-4)40(41(35)49)42(44)50/h10,12,14-15,27,32-34,37,49H,5-9,11,13,16-26,28H2,1-4H3,(H2,44,50)(H,45,47)(H,46,48). The Balaban J connectivity index is 0.977. The van der Waals surface area contributed by atoms with Crippen LogP contribution in [0.25, 0.3) is 0 Å². The molecule has 5 unspecified atom stereocenters. The van der Waals surface area contributed by atoms with Crippen LogP contribution in [0.2, 0.25) is 0 Å². The van der Waals surface area contributed by atoms with E-state index in [1.165, 1.54) is 30.4 Å². The summed E-state index contributed by atoms with van der Waals surface area (Å²) < 4.78 is 53.1. The molecular weight excluding hydrogens is 781 g/mol. The number of unbranched alkanes of at least 4 members (excludes halogenated alkanes) is 2. The van der Waals surface area contributed by atoms with Crippen molar-refractivity contribution in [2.75, 3.05) is 65.2 Å². The highest BCUT2D eigenvalue weighted by Gasteiger charge is 2.55. The lowest BCUT2D eigenvalue weighted by molar-refractivity contribution is -0.124. The molecule has 0 aliphatic heterocycles. The molecule has 0 bridgehead atoms. The summed E-state index contributed by atoms with van der Waals surface area (Å²) in [6.07, 6.45) is 10.1. The summed E-state index contributed by atoms with van der Waals surface area (Å²) in [5, 5.41) is 15.7. The number of benzene rings is 2. The Bertz CT molecular complexity index is 1760. The predicted octanol–water partition coefficient (Wildman–Crippen LogP) is 7.04. The number of methoxy groups -OCH3 is 1. The molecule has 16 heteroatoms. The maximum Gasteiger partial charge on any atom is 0.530 e. The van der Waals surface area contributed by atoms with E-state index < -0.39 is 25.4 Å². The number of primary amides is 1. The summed E-state index contributed by atoms with van der Waals surface area (Å²) in [6, 6.07) is 8.93. The van der Waals surface area contributed by atoms with Crippen molar-refractivity contribution in [3.05, 3.63) is 47.0 Å². The van der Waals surface area contributed by atoms with E-state index in [1.807, 2.05) is 12.1 Å². The summed E-state index contributed by atoms with van der Waals surface area (Å²) in [6.45, 7) is 8.18. The molecule has 2 aromatic carbocycles. The average Bonchev–Trinajstić information content (AvgIpc) is 3.55. The summed E-state index contributed by atoms with van der Waals surface area (Å²) in [5.41, 5.74) is 7.78. The fourth-order valence-electron chi connectivity index (χ4n) is 9.00. The molecular formula is C43H64N3O12P. The zero-order valence-corrected chi connectivity index (χ0v) is 36.0. The Morgan fingerprint density at radius 2 is 1.66 bits per heavy atom. The lowest BCUT2D eigenvalue weighted by atomic mass is 9.55. The molecule has 328 valence electrons. The number of fused-ring (bicyclic) bond motifs is 5. The van der Waals surface area contributed by atoms with Gasteiger partial charge in [0.25, 0.3) is 5.91 Å². The van der Waals surface area contributed by atoms with Gasteiger partial charge in [-0.1, -0.05) is 39.7 Å². The number of amides is 3. The van der Waals surface area contributed by atoms with Gasteiger partial charge < -0.3 is 44.9 Å². The van der Waals surface area contributed by atoms with Crippen molar-refractivity contribution in [3.8, 4) is 17.2 Å². The molecule has 3 amide bonds. The molecule has 2 saturated carbocycles. The molecule has 0 heterocycles. The largest absolute Gasteiger partial charge is 0.530 e. The smallest absolute Gasteiger partial charge is 0.505 e. The number of hydrogen-bond acceptors (Lipinski definition) is 12. The summed E-state index contributed by atoms with van der Waals surface area (Å²) >= 11 is 0. The Morgan fingerprint density at radius 3 is 2.37 bits per heavy atom. The second-order valence-electron chi connectivity index (χ2n) is 15.9. The molecule has 5 atom stereocenters. The van der Waals surface area contributed by atoms with E-state index in [1.54, 1.807) is 0 Å². The Morgan fingerprint density at radius 1 is 0.915 bits per heavy atom. The maximum absolute atomic E-state index is 13.5. The number of nitrogens with two attached hydrogens (primary N) is 1. The third-order valence-corrected chi connectivity index (χ3v) is 13.5. The summed E-state index contributed by atoms with van der Waals surface area (Å²) in [7, 11) is -2.38. The minimum absolute atomic E-state index is 0.00123. The number of carbonyl (C=O) groups excluding carboxylic acids is 3. The molecule has 0 spiro atoms. The number of anilines is 1. The monoisotopic (exact) mass is 845 g/mol. The minimum atomic E-state index is -3.72. The van der Waals surface area contributed by atoms with Crippen molar-refractivity contribution >= 4 is 31.2 Å². The first kappa shape index (κ1) is 46.3. The highest BCUT2D eigenvalue weighted by Crippen LogP contribution is 2.62. The van der Waals surface area contributed by atoms with Gasteiger partial charge in [-0.3, -0.25) is 23.4 Å². The van der Waals surface area contributed by atoms with Crippen molar-refractivity contribution in [1.29, 1.82) is 0 Å². The zero-order chi connectivity index (χ0) is 42.4. The van der Waals surface area contributed by atoms with E-state index in [0.717, 1.165) is 64.2 Å². The number of phosphoric ester groups is 1. The average molecular weight is 846 g/mol. The van der Waals surface area contributed by atoms with E-state index in [-0.39, 0.29) is 67.3 Å². The van der Waals surface area contributed by atoms with Gasteiger partial charge >= 0.3 is 7.82 Å². The fraction of sp³-hybridized carbons (Fsp3) is 0.651. The molecule has 5 N–H and O–H groups in total. The van der Waals surface area contributed by atoms with E-state index in [2.05, 4.69) is 37.5 Å². The second-order valence-corrected chi connectivity index (χ2v) is 17.5. The van der Waals surface area contributed by atoms with Gasteiger partial charge in [0, 0.05) is 13.0 Å². The van der Waals surface area contributed by atoms with Crippen LogP contribution in [-0.2, 0) is 43.8 Å². The third-order valence-electron chi connectivity index (χ3n) is 12.0. The zero-order valence-electron chi connectivity index (χ0n) is 35.1. The van der Waals surface area contributed by atoms with Crippen LogP contribution < -0.4 is 25.6 Å². The van der Waals surface area contributed by atoms with Crippen LogP contribution in [0, 0.1) is 17.3 Å². The summed E-state index contributed by atoms with van der Waals surface area (Å²) in [5.74, 6) is 0.182. The highest BCUT2D eigenvalue weighted by molar-refractivity contribution is 7.48. The normalized spacial score (nSPS) is 22.2. The van der Waals surface area contributed by atoms with E-state index in [0.29, 0.717) is 49.9 Å². The van der Waals surface area contributed by atoms with Crippen LogP contribution in [0.5, 0.6) is 17.2 Å². The van der Waals surface area contributed by atoms with Crippen LogP contribution in [-0.4, -0.2) is 88.8 Å². The van der Waals surface area contributed by atoms with Crippen molar-refractivity contribution < 1.29 is 56.6 Å². The quantitative estimate of drug-likeness (QED) is 0.0452. The first-order valence-electron chi connectivity index (χ1n) is 21.2. The molecule has 3 aliphatic carbocycles. The van der Waals surface area contributed by atoms with Crippen LogP contribution in [0.1, 0.15) is 112 Å². The van der Waals surface area contributed by atoms with Crippen LogP contribution >= 0.6 is 7.82 Å². The lowest BCUT2D eigenvalue weighted by Gasteiger charge is -2.50. The number of aromatic hydroxyl groups is 1. The van der Waals surface area contributed by atoms with Crippen molar-refractivity contribution in [1.82, 2.24) is 5.32 Å². The second kappa shape index (κ2) is 22.2. The molecule has 0 saturated heterocycles. The fourth-order valence-corrected chi connectivity index (χ4v) is 10.3. The van der Waals surface area contributed by atoms with E-state index >= 15 is 0 Å². The molecule has 59 heavy (non-hydrogen) atoms. The number of carbonyl (C=O) groups is 3. The SMILES string of the molecule is CCCCOP(=O)(OCCCC)Oc1ccc2c(c1)CCC1C2CCC2(C)C(OCCC(=O)NCCOCCOCC(=O)Nc3ccc(OC)c(C(N)=O)c3O)CCC12. The lowest BCUT2D eigenvalue weighted by Crippen LogP contribution is -2.45. The van der Waals surface area contributed by atoms with Gasteiger partial charge in [-0.05, 0) is 110 Å². The number of ether oxygens (including phenoxy) is 4. The maximum atomic E-state index is 13.5. The number of hydrogen-bond donors (Lipinski definition) is 4. The molecule has 15 nitrogen and oxygen atoms in total. The number of phosphoric acid groups is 1. The van der Waals surface area contributed by atoms with Gasteiger partial charge in [0.1, 0.15) is 23.7 Å². The van der Waals surface area contributed by atoms with Crippen molar-refractivity contribution in [2.24, 2.45) is 23.0 Å². The number of aryl methyl sites for hydroxylation is 1. The predicted molar refractivity (Wildman–Crippen MR) is 222 cm³/mol. The van der Waals surface area contributed by atoms with Gasteiger partial charge in [0.15, 0.2) is 5.75 Å². The first-order valence-corrected chi connectivity index (χ1v) is 22.6. The third kappa shape index (κ3) is 12.2. The topological polar surface area (TPSA) is 203 Å². The highest BCUT2D eigenvalue weighted by atomic mass is 31.2. The van der Waals surface area contributed by atoms with Crippen LogP contribution in [0.15, 0.2) is 30.3 Å². The number of phenols is 1. The first-order chi connectivity index (χ1) is 28.4.